The molecule has 0 atom stereocenters. The minimum absolute atomic E-state index is 0.988. The summed E-state index contributed by atoms with van der Waals surface area (Å²) in [6.07, 6.45) is 7.26. The van der Waals surface area contributed by atoms with Crippen LogP contribution in [0.4, 0.5) is 0 Å². The van der Waals surface area contributed by atoms with Gasteiger partial charge in [-0.2, -0.15) is 0 Å². The molecule has 0 saturated carbocycles. The molecule has 0 bridgehead atoms. The molecular formula is C10H13N. The summed E-state index contributed by atoms with van der Waals surface area (Å²) in [5.74, 6) is 0. The summed E-state index contributed by atoms with van der Waals surface area (Å²) >= 11 is 0. The molecule has 1 aliphatic rings. The first-order chi connectivity index (χ1) is 5.27. The van der Waals surface area contributed by atoms with Crippen LogP contribution in [0.1, 0.15) is 13.3 Å². The maximum atomic E-state index is 4.08. The van der Waals surface area contributed by atoms with Crippen molar-refractivity contribution in [3.63, 3.8) is 0 Å². The van der Waals surface area contributed by atoms with Gasteiger partial charge in [-0.05, 0) is 23.6 Å². The largest absolute Gasteiger partial charge is 0.288 e. The second-order valence-corrected chi connectivity index (χ2v) is 2.54. The van der Waals surface area contributed by atoms with E-state index >= 15 is 0 Å². The Balaban J connectivity index is 2.88. The van der Waals surface area contributed by atoms with Gasteiger partial charge in [-0.25, -0.2) is 0 Å². The lowest BCUT2D eigenvalue weighted by Gasteiger charge is -2.07. The Morgan fingerprint density at radius 2 is 2.18 bits per heavy atom. The van der Waals surface area contributed by atoms with E-state index in [1.165, 1.54) is 5.57 Å². The number of hydrogen-bond acceptors (Lipinski definition) is 1. The predicted octanol–water partition coefficient (Wildman–Crippen LogP) is 2.52. The predicted molar refractivity (Wildman–Crippen MR) is 50.0 cm³/mol. The maximum absolute atomic E-state index is 4.08. The van der Waals surface area contributed by atoms with E-state index in [0.717, 1.165) is 17.7 Å². The molecule has 58 valence electrons. The van der Waals surface area contributed by atoms with E-state index in [9.17, 15) is 0 Å². The quantitative estimate of drug-likeness (QED) is 0.540. The summed E-state index contributed by atoms with van der Waals surface area (Å²) in [4.78, 5) is 4.08. The zero-order chi connectivity index (χ0) is 8.27. The first-order valence-corrected chi connectivity index (χ1v) is 3.82. The van der Waals surface area contributed by atoms with Crippen molar-refractivity contribution in [2.75, 3.05) is 7.05 Å². The third-order valence-electron chi connectivity index (χ3n) is 1.79. The van der Waals surface area contributed by atoms with Crippen molar-refractivity contribution in [2.45, 2.75) is 13.3 Å². The molecule has 0 aliphatic heterocycles. The molecule has 1 rings (SSSR count). The SMILES string of the molecule is C=C1C=C(CC)C=C/C1=N/C. The average molecular weight is 147 g/mol. The fraction of sp³-hybridized carbons (Fsp3) is 0.300. The number of nitrogens with zero attached hydrogens (tertiary/aromatic N) is 1. The van der Waals surface area contributed by atoms with Gasteiger partial charge in [0.15, 0.2) is 0 Å². The van der Waals surface area contributed by atoms with Crippen LogP contribution in [0.15, 0.2) is 40.9 Å². The topological polar surface area (TPSA) is 12.4 Å². The van der Waals surface area contributed by atoms with Crippen molar-refractivity contribution in [1.82, 2.24) is 0 Å². The monoisotopic (exact) mass is 147 g/mol. The highest BCUT2D eigenvalue weighted by molar-refractivity contribution is 6.11. The number of allylic oxidation sites excluding steroid dienone is 5. The Morgan fingerprint density at radius 3 is 2.64 bits per heavy atom. The van der Waals surface area contributed by atoms with Crippen molar-refractivity contribution in [1.29, 1.82) is 0 Å². The van der Waals surface area contributed by atoms with Crippen molar-refractivity contribution in [2.24, 2.45) is 4.99 Å². The summed E-state index contributed by atoms with van der Waals surface area (Å²) < 4.78 is 0. The van der Waals surface area contributed by atoms with E-state index in [1.54, 1.807) is 7.05 Å². The first-order valence-electron chi connectivity index (χ1n) is 3.82. The minimum atomic E-state index is 0.988. The maximum Gasteiger partial charge on any atom is 0.0637 e. The average Bonchev–Trinajstić information content (AvgIpc) is 2.04. The van der Waals surface area contributed by atoms with Crippen LogP contribution in [0, 0.1) is 0 Å². The van der Waals surface area contributed by atoms with Crippen LogP contribution < -0.4 is 0 Å². The van der Waals surface area contributed by atoms with Crippen LogP contribution in [0.25, 0.3) is 0 Å². The molecule has 0 unspecified atom stereocenters. The van der Waals surface area contributed by atoms with Gasteiger partial charge in [-0.3, -0.25) is 4.99 Å². The van der Waals surface area contributed by atoms with Crippen molar-refractivity contribution in [3.05, 3.63) is 36.0 Å². The molecular weight excluding hydrogens is 134 g/mol. The molecule has 1 nitrogen and oxygen atoms in total. The lowest BCUT2D eigenvalue weighted by Crippen LogP contribution is -2.00. The van der Waals surface area contributed by atoms with E-state index < -0.39 is 0 Å². The van der Waals surface area contributed by atoms with E-state index in [-0.39, 0.29) is 0 Å². The Labute approximate surface area is 67.8 Å². The molecule has 0 fully saturated rings. The molecule has 0 radical (unpaired) electrons. The lowest BCUT2D eigenvalue weighted by molar-refractivity contribution is 1.14. The second-order valence-electron chi connectivity index (χ2n) is 2.54. The molecule has 0 heterocycles. The van der Waals surface area contributed by atoms with Gasteiger partial charge in [-0.15, -0.1) is 0 Å². The smallest absolute Gasteiger partial charge is 0.0637 e. The molecule has 1 heteroatoms. The Kier molecular flexibility index (Phi) is 2.42. The minimum Gasteiger partial charge on any atom is -0.288 e. The molecule has 0 saturated heterocycles. The lowest BCUT2D eigenvalue weighted by atomic mass is 10.00. The molecule has 1 aliphatic carbocycles. The number of hydrogen-bond donors (Lipinski definition) is 0. The highest BCUT2D eigenvalue weighted by Crippen LogP contribution is 2.14. The Hall–Kier alpha value is -1.11. The highest BCUT2D eigenvalue weighted by Gasteiger charge is 2.03. The van der Waals surface area contributed by atoms with Crippen molar-refractivity contribution < 1.29 is 0 Å². The fourth-order valence-electron chi connectivity index (χ4n) is 1.08. The molecule has 0 amide bonds. The standard InChI is InChI=1S/C10H13N/c1-4-9-5-6-10(11-3)8(2)7-9/h5-7H,2,4H2,1,3H3/b11-10-. The summed E-state index contributed by atoms with van der Waals surface area (Å²) in [5.41, 5.74) is 3.33. The second kappa shape index (κ2) is 3.33. The van der Waals surface area contributed by atoms with Crippen LogP contribution >= 0.6 is 0 Å². The summed E-state index contributed by atoms with van der Waals surface area (Å²) in [6.45, 7) is 6.04. The van der Waals surface area contributed by atoms with Gasteiger partial charge >= 0.3 is 0 Å². The van der Waals surface area contributed by atoms with E-state index in [2.05, 4.69) is 30.6 Å². The summed E-state index contributed by atoms with van der Waals surface area (Å²) in [6, 6.07) is 0. The molecule has 11 heavy (non-hydrogen) atoms. The zero-order valence-electron chi connectivity index (χ0n) is 7.09. The normalized spacial score (nSPS) is 20.7. The molecule has 0 aromatic carbocycles. The number of rotatable bonds is 1. The van der Waals surface area contributed by atoms with E-state index in [1.807, 2.05) is 6.08 Å². The van der Waals surface area contributed by atoms with Gasteiger partial charge in [0.2, 0.25) is 0 Å². The van der Waals surface area contributed by atoms with Gasteiger partial charge in [0, 0.05) is 7.05 Å². The number of aliphatic imine (C=N–C) groups is 1. The van der Waals surface area contributed by atoms with Crippen molar-refractivity contribution >= 4 is 5.71 Å². The van der Waals surface area contributed by atoms with Crippen LogP contribution in [0.5, 0.6) is 0 Å². The third kappa shape index (κ3) is 1.67. The van der Waals surface area contributed by atoms with Gasteiger partial charge in [0.05, 0.1) is 5.71 Å². The van der Waals surface area contributed by atoms with Gasteiger partial charge in [0.25, 0.3) is 0 Å². The van der Waals surface area contributed by atoms with Crippen LogP contribution in [0.3, 0.4) is 0 Å². The fourth-order valence-corrected chi connectivity index (χ4v) is 1.08. The molecule has 0 N–H and O–H groups in total. The molecule has 0 aromatic rings. The van der Waals surface area contributed by atoms with Gasteiger partial charge in [-0.1, -0.05) is 25.7 Å². The van der Waals surface area contributed by atoms with Gasteiger partial charge in [0.1, 0.15) is 0 Å². The highest BCUT2D eigenvalue weighted by atomic mass is 14.7. The Morgan fingerprint density at radius 1 is 1.45 bits per heavy atom. The first kappa shape index (κ1) is 7.99. The molecule has 0 spiro atoms. The van der Waals surface area contributed by atoms with Crippen LogP contribution in [-0.2, 0) is 0 Å². The van der Waals surface area contributed by atoms with Crippen molar-refractivity contribution in [3.8, 4) is 0 Å². The van der Waals surface area contributed by atoms with Gasteiger partial charge < -0.3 is 0 Å². The summed E-state index contributed by atoms with van der Waals surface area (Å²) in [7, 11) is 1.79. The zero-order valence-corrected chi connectivity index (χ0v) is 7.09. The van der Waals surface area contributed by atoms with E-state index in [0.29, 0.717) is 0 Å². The Bertz CT molecular complexity index is 254. The molecule has 0 aromatic heterocycles. The third-order valence-corrected chi connectivity index (χ3v) is 1.79. The van der Waals surface area contributed by atoms with E-state index in [4.69, 9.17) is 0 Å². The summed E-state index contributed by atoms with van der Waals surface area (Å²) in [5, 5.41) is 0. The van der Waals surface area contributed by atoms with Crippen LogP contribution in [0.2, 0.25) is 0 Å². The van der Waals surface area contributed by atoms with Crippen LogP contribution in [-0.4, -0.2) is 12.8 Å².